The molecule has 14 heavy (non-hydrogen) atoms. The molecule has 1 nitrogen and oxygen atoms in total. The largest absolute Gasteiger partial charge is 0.299 e. The van der Waals surface area contributed by atoms with Crippen molar-refractivity contribution in [1.29, 1.82) is 0 Å². The van der Waals surface area contributed by atoms with Crippen LogP contribution in [0.3, 0.4) is 0 Å². The normalized spacial score (nSPS) is 22.2. The molecule has 1 fully saturated rings. The maximum absolute atomic E-state index is 11.8. The predicted molar refractivity (Wildman–Crippen MR) is 55.7 cm³/mol. The molecular formula is C12H11ClO. The molecule has 3 rings (SSSR count). The summed E-state index contributed by atoms with van der Waals surface area (Å²) in [7, 11) is 0. The molecule has 0 unspecified atom stereocenters. The van der Waals surface area contributed by atoms with Crippen molar-refractivity contribution in [2.24, 2.45) is 0 Å². The molecule has 1 aromatic rings. The lowest BCUT2D eigenvalue weighted by molar-refractivity contribution is -0.121. The second kappa shape index (κ2) is 2.60. The van der Waals surface area contributed by atoms with Gasteiger partial charge in [0.2, 0.25) is 0 Å². The van der Waals surface area contributed by atoms with E-state index in [1.807, 2.05) is 12.1 Å². The van der Waals surface area contributed by atoms with E-state index in [4.69, 9.17) is 11.6 Å². The van der Waals surface area contributed by atoms with Gasteiger partial charge in [0, 0.05) is 11.4 Å². The highest BCUT2D eigenvalue weighted by Crippen LogP contribution is 2.55. The number of Topliss-reactive ketones (excluding diaryl/α,β-unsaturated/α-hetero) is 1. The molecule has 72 valence electrons. The van der Waals surface area contributed by atoms with Crippen molar-refractivity contribution in [3.63, 3.8) is 0 Å². The minimum Gasteiger partial charge on any atom is -0.299 e. The number of carbonyl (C=O) groups excluding carboxylic acids is 1. The molecule has 2 aliphatic rings. The SMILES string of the molecule is O=C1CCc2cccc(Cl)c2C12CC2. The van der Waals surface area contributed by atoms with Crippen LogP contribution < -0.4 is 0 Å². The van der Waals surface area contributed by atoms with E-state index in [0.29, 0.717) is 12.2 Å². The highest BCUT2D eigenvalue weighted by atomic mass is 35.5. The highest BCUT2D eigenvalue weighted by Gasteiger charge is 2.54. The van der Waals surface area contributed by atoms with Gasteiger partial charge in [-0.25, -0.2) is 0 Å². The van der Waals surface area contributed by atoms with Crippen LogP contribution >= 0.6 is 11.6 Å². The van der Waals surface area contributed by atoms with Crippen molar-refractivity contribution in [3.8, 4) is 0 Å². The van der Waals surface area contributed by atoms with Crippen LogP contribution in [0.2, 0.25) is 5.02 Å². The van der Waals surface area contributed by atoms with E-state index in [2.05, 4.69) is 6.07 Å². The Kier molecular flexibility index (Phi) is 1.58. The molecular weight excluding hydrogens is 196 g/mol. The summed E-state index contributed by atoms with van der Waals surface area (Å²) in [5, 5.41) is 0.785. The van der Waals surface area contributed by atoms with Crippen molar-refractivity contribution in [3.05, 3.63) is 34.3 Å². The van der Waals surface area contributed by atoms with Crippen LogP contribution in [-0.4, -0.2) is 5.78 Å². The third-order valence-electron chi connectivity index (χ3n) is 3.48. The van der Waals surface area contributed by atoms with Crippen molar-refractivity contribution in [2.45, 2.75) is 31.1 Å². The number of hydrogen-bond acceptors (Lipinski definition) is 1. The van der Waals surface area contributed by atoms with Crippen molar-refractivity contribution >= 4 is 17.4 Å². The van der Waals surface area contributed by atoms with Crippen LogP contribution in [0.1, 0.15) is 30.4 Å². The number of hydrogen-bond donors (Lipinski definition) is 0. The Bertz CT molecular complexity index is 418. The lowest BCUT2D eigenvalue weighted by Crippen LogP contribution is -2.27. The van der Waals surface area contributed by atoms with Crippen molar-refractivity contribution in [1.82, 2.24) is 0 Å². The predicted octanol–water partition coefficient (Wildman–Crippen LogP) is 2.89. The fourth-order valence-electron chi connectivity index (χ4n) is 2.59. The Morgan fingerprint density at radius 3 is 2.71 bits per heavy atom. The van der Waals surface area contributed by atoms with Gasteiger partial charge < -0.3 is 0 Å². The Labute approximate surface area is 88.1 Å². The van der Waals surface area contributed by atoms with Gasteiger partial charge in [-0.3, -0.25) is 4.79 Å². The van der Waals surface area contributed by atoms with E-state index in [1.54, 1.807) is 0 Å². The topological polar surface area (TPSA) is 17.1 Å². The lowest BCUT2D eigenvalue weighted by Gasteiger charge is -2.24. The summed E-state index contributed by atoms with van der Waals surface area (Å²) in [5.74, 6) is 0.401. The Morgan fingerprint density at radius 1 is 1.21 bits per heavy atom. The summed E-state index contributed by atoms with van der Waals surface area (Å²) in [6.07, 6.45) is 3.58. The molecule has 0 saturated heterocycles. The summed E-state index contributed by atoms with van der Waals surface area (Å²) in [5.41, 5.74) is 2.26. The van der Waals surface area contributed by atoms with Gasteiger partial charge in [-0.15, -0.1) is 0 Å². The van der Waals surface area contributed by atoms with E-state index >= 15 is 0 Å². The Hall–Kier alpha value is -0.820. The monoisotopic (exact) mass is 206 g/mol. The van der Waals surface area contributed by atoms with Crippen LogP contribution in [0.15, 0.2) is 18.2 Å². The molecule has 2 aliphatic carbocycles. The average Bonchev–Trinajstić information content (AvgIpc) is 2.94. The first-order chi connectivity index (χ1) is 6.74. The van der Waals surface area contributed by atoms with Crippen LogP contribution in [0.25, 0.3) is 0 Å². The van der Waals surface area contributed by atoms with Gasteiger partial charge in [0.25, 0.3) is 0 Å². The standard InChI is InChI=1S/C12H11ClO/c13-9-3-1-2-8-4-5-10(14)12(6-7-12)11(8)9/h1-3H,4-7H2. The van der Waals surface area contributed by atoms with E-state index in [9.17, 15) is 4.79 Å². The third-order valence-corrected chi connectivity index (χ3v) is 3.80. The summed E-state index contributed by atoms with van der Waals surface area (Å²) >= 11 is 6.18. The first-order valence-corrected chi connectivity index (χ1v) is 5.43. The summed E-state index contributed by atoms with van der Waals surface area (Å²) < 4.78 is 0. The number of rotatable bonds is 0. The van der Waals surface area contributed by atoms with Crippen LogP contribution in [0.4, 0.5) is 0 Å². The van der Waals surface area contributed by atoms with E-state index in [0.717, 1.165) is 29.8 Å². The van der Waals surface area contributed by atoms with E-state index < -0.39 is 0 Å². The number of aryl methyl sites for hydroxylation is 1. The van der Waals surface area contributed by atoms with Crippen molar-refractivity contribution < 1.29 is 4.79 Å². The molecule has 0 aromatic heterocycles. The van der Waals surface area contributed by atoms with Gasteiger partial charge in [-0.2, -0.15) is 0 Å². The van der Waals surface area contributed by atoms with Crippen LogP contribution in [0, 0.1) is 0 Å². The van der Waals surface area contributed by atoms with Crippen LogP contribution in [0.5, 0.6) is 0 Å². The zero-order chi connectivity index (χ0) is 9.76. The zero-order valence-electron chi connectivity index (χ0n) is 7.85. The molecule has 2 heteroatoms. The van der Waals surface area contributed by atoms with Gasteiger partial charge in [-0.1, -0.05) is 23.7 Å². The van der Waals surface area contributed by atoms with Crippen molar-refractivity contribution in [2.75, 3.05) is 0 Å². The molecule has 0 heterocycles. The molecule has 0 amide bonds. The van der Waals surface area contributed by atoms with E-state index in [1.165, 1.54) is 5.56 Å². The second-order valence-electron chi connectivity index (χ2n) is 4.28. The number of halogens is 1. The third kappa shape index (κ3) is 0.936. The minimum atomic E-state index is -0.161. The fourth-order valence-corrected chi connectivity index (χ4v) is 2.97. The Morgan fingerprint density at radius 2 is 2.00 bits per heavy atom. The Balaban J connectivity index is 2.25. The second-order valence-corrected chi connectivity index (χ2v) is 4.69. The molecule has 0 bridgehead atoms. The van der Waals surface area contributed by atoms with Gasteiger partial charge in [0.05, 0.1) is 5.41 Å². The number of ketones is 1. The van der Waals surface area contributed by atoms with Gasteiger partial charge in [0.1, 0.15) is 5.78 Å². The molecule has 0 radical (unpaired) electrons. The summed E-state index contributed by atoms with van der Waals surface area (Å²) in [6.45, 7) is 0. The maximum Gasteiger partial charge on any atom is 0.143 e. The number of fused-ring (bicyclic) bond motifs is 2. The molecule has 0 atom stereocenters. The zero-order valence-corrected chi connectivity index (χ0v) is 8.60. The lowest BCUT2D eigenvalue weighted by atomic mass is 9.79. The highest BCUT2D eigenvalue weighted by molar-refractivity contribution is 6.32. The summed E-state index contributed by atoms with van der Waals surface area (Å²) in [4.78, 5) is 11.8. The number of benzene rings is 1. The first-order valence-electron chi connectivity index (χ1n) is 5.05. The quantitative estimate of drug-likeness (QED) is 0.638. The van der Waals surface area contributed by atoms with Gasteiger partial charge in [0.15, 0.2) is 0 Å². The number of carbonyl (C=O) groups is 1. The molecule has 0 N–H and O–H groups in total. The molecule has 1 saturated carbocycles. The average molecular weight is 207 g/mol. The van der Waals surface area contributed by atoms with Crippen LogP contribution in [-0.2, 0) is 16.6 Å². The first kappa shape index (κ1) is 8.49. The maximum atomic E-state index is 11.8. The smallest absolute Gasteiger partial charge is 0.143 e. The molecule has 0 aliphatic heterocycles. The van der Waals surface area contributed by atoms with Gasteiger partial charge in [-0.05, 0) is 36.5 Å². The summed E-state index contributed by atoms with van der Waals surface area (Å²) in [6, 6.07) is 5.99. The minimum absolute atomic E-state index is 0.161. The van der Waals surface area contributed by atoms with E-state index in [-0.39, 0.29) is 5.41 Å². The van der Waals surface area contributed by atoms with Gasteiger partial charge >= 0.3 is 0 Å². The molecule has 1 aromatic carbocycles. The molecule has 1 spiro atoms. The fraction of sp³-hybridized carbons (Fsp3) is 0.417.